The van der Waals surface area contributed by atoms with E-state index in [-0.39, 0.29) is 10.8 Å². The van der Waals surface area contributed by atoms with Gasteiger partial charge in [0.25, 0.3) is 0 Å². The highest BCUT2D eigenvalue weighted by Crippen LogP contribution is 2.50. The third kappa shape index (κ3) is 4.82. The SMILES string of the molecule is CN1CCN(C(=O)CC2CCN(C(=O)C3(c4ccc(C(C)(C)C)cc4)CC3)CC2)CC1. The third-order valence-electron chi connectivity index (χ3n) is 7.68. The average molecular weight is 426 g/mol. The third-order valence-corrected chi connectivity index (χ3v) is 7.68. The Hall–Kier alpha value is -1.88. The Morgan fingerprint density at radius 3 is 2.00 bits per heavy atom. The highest BCUT2D eigenvalue weighted by atomic mass is 16.2. The van der Waals surface area contributed by atoms with Crippen molar-refractivity contribution in [1.29, 1.82) is 0 Å². The van der Waals surface area contributed by atoms with Crippen LogP contribution in [-0.4, -0.2) is 72.8 Å². The van der Waals surface area contributed by atoms with Crippen molar-refractivity contribution >= 4 is 11.8 Å². The predicted molar refractivity (Wildman–Crippen MR) is 124 cm³/mol. The first-order valence-corrected chi connectivity index (χ1v) is 12.1. The second kappa shape index (κ2) is 8.57. The van der Waals surface area contributed by atoms with Crippen molar-refractivity contribution in [2.75, 3.05) is 46.3 Å². The van der Waals surface area contributed by atoms with Crippen molar-refractivity contribution in [1.82, 2.24) is 14.7 Å². The molecule has 3 fully saturated rings. The minimum absolute atomic E-state index is 0.128. The van der Waals surface area contributed by atoms with Crippen LogP contribution in [0.5, 0.6) is 0 Å². The summed E-state index contributed by atoms with van der Waals surface area (Å²) in [4.78, 5) is 32.5. The van der Waals surface area contributed by atoms with E-state index in [4.69, 9.17) is 0 Å². The van der Waals surface area contributed by atoms with Crippen LogP contribution in [0.3, 0.4) is 0 Å². The van der Waals surface area contributed by atoms with Crippen LogP contribution in [-0.2, 0) is 20.4 Å². The molecule has 1 saturated carbocycles. The molecule has 0 aromatic heterocycles. The summed E-state index contributed by atoms with van der Waals surface area (Å²) < 4.78 is 0. The predicted octanol–water partition coefficient (Wildman–Crippen LogP) is 3.42. The molecule has 5 nitrogen and oxygen atoms in total. The molecule has 0 bridgehead atoms. The molecule has 1 aromatic rings. The monoisotopic (exact) mass is 425 g/mol. The number of hydrogen-bond acceptors (Lipinski definition) is 3. The Bertz CT molecular complexity index is 791. The van der Waals surface area contributed by atoms with Crippen LogP contribution in [0.25, 0.3) is 0 Å². The van der Waals surface area contributed by atoms with Gasteiger partial charge in [-0.2, -0.15) is 0 Å². The summed E-state index contributed by atoms with van der Waals surface area (Å²) in [5, 5.41) is 0. The normalized spacial score (nSPS) is 22.5. The van der Waals surface area contributed by atoms with Gasteiger partial charge in [-0.05, 0) is 55.2 Å². The zero-order valence-electron chi connectivity index (χ0n) is 19.8. The van der Waals surface area contributed by atoms with Crippen molar-refractivity contribution in [3.63, 3.8) is 0 Å². The molecule has 1 aliphatic carbocycles. The molecule has 5 heteroatoms. The maximum Gasteiger partial charge on any atom is 0.233 e. The van der Waals surface area contributed by atoms with E-state index in [0.29, 0.717) is 24.2 Å². The molecule has 3 aliphatic rings. The molecule has 31 heavy (non-hydrogen) atoms. The van der Waals surface area contributed by atoms with Crippen LogP contribution in [0, 0.1) is 5.92 Å². The molecule has 2 saturated heterocycles. The molecule has 2 amide bonds. The number of piperidine rings is 1. The number of carbonyl (C=O) groups is 2. The van der Waals surface area contributed by atoms with E-state index in [1.54, 1.807) is 0 Å². The van der Waals surface area contributed by atoms with E-state index in [1.807, 2.05) is 4.90 Å². The largest absolute Gasteiger partial charge is 0.342 e. The van der Waals surface area contributed by atoms with Crippen molar-refractivity contribution in [2.45, 2.75) is 63.7 Å². The number of benzene rings is 1. The van der Waals surface area contributed by atoms with Gasteiger partial charge in [-0.1, -0.05) is 45.0 Å². The number of hydrogen-bond donors (Lipinski definition) is 0. The number of nitrogens with zero attached hydrogens (tertiary/aromatic N) is 3. The highest BCUT2D eigenvalue weighted by molar-refractivity contribution is 5.91. The Balaban J connectivity index is 1.30. The summed E-state index contributed by atoms with van der Waals surface area (Å²) in [6, 6.07) is 8.73. The van der Waals surface area contributed by atoms with Crippen LogP contribution in [0.4, 0.5) is 0 Å². The number of likely N-dealkylation sites (N-methyl/N-ethyl adjacent to an activating group) is 1. The molecule has 1 aromatic carbocycles. The fourth-order valence-corrected chi connectivity index (χ4v) is 5.12. The van der Waals surface area contributed by atoms with Gasteiger partial charge in [-0.15, -0.1) is 0 Å². The first-order valence-electron chi connectivity index (χ1n) is 12.1. The van der Waals surface area contributed by atoms with Gasteiger partial charge < -0.3 is 14.7 Å². The molecular formula is C26H39N3O2. The summed E-state index contributed by atoms with van der Waals surface area (Å²) in [5.74, 6) is 1.02. The molecule has 4 rings (SSSR count). The minimum Gasteiger partial charge on any atom is -0.342 e. The number of likely N-dealkylation sites (tertiary alicyclic amines) is 1. The van der Waals surface area contributed by atoms with Gasteiger partial charge in [-0.3, -0.25) is 9.59 Å². The molecule has 0 N–H and O–H groups in total. The van der Waals surface area contributed by atoms with E-state index in [9.17, 15) is 9.59 Å². The van der Waals surface area contributed by atoms with Crippen molar-refractivity contribution in [3.05, 3.63) is 35.4 Å². The van der Waals surface area contributed by atoms with Gasteiger partial charge in [0.2, 0.25) is 11.8 Å². The zero-order valence-corrected chi connectivity index (χ0v) is 19.8. The summed E-state index contributed by atoms with van der Waals surface area (Å²) in [7, 11) is 2.11. The minimum atomic E-state index is -0.293. The highest BCUT2D eigenvalue weighted by Gasteiger charge is 2.53. The molecule has 0 unspecified atom stereocenters. The van der Waals surface area contributed by atoms with Gasteiger partial charge in [0, 0.05) is 45.7 Å². The molecule has 0 spiro atoms. The smallest absolute Gasteiger partial charge is 0.233 e. The van der Waals surface area contributed by atoms with Crippen LogP contribution in [0.15, 0.2) is 24.3 Å². The average Bonchev–Trinajstić information content (AvgIpc) is 3.56. The van der Waals surface area contributed by atoms with E-state index in [2.05, 4.69) is 61.9 Å². The first-order chi connectivity index (χ1) is 14.7. The standard InChI is InChI=1S/C26H39N3O2/c1-25(2,3)21-5-7-22(8-6-21)26(11-12-26)24(31)29-13-9-20(10-14-29)19-23(30)28-17-15-27(4)16-18-28/h5-8,20H,9-19H2,1-4H3. The molecular weight excluding hydrogens is 386 g/mol. The number of carbonyl (C=O) groups excluding carboxylic acids is 2. The second-order valence-electron chi connectivity index (χ2n) is 11.0. The van der Waals surface area contributed by atoms with E-state index >= 15 is 0 Å². The van der Waals surface area contributed by atoms with Crippen LogP contribution in [0.2, 0.25) is 0 Å². The first kappa shape index (κ1) is 22.3. The summed E-state index contributed by atoms with van der Waals surface area (Å²) in [6.07, 6.45) is 4.46. The second-order valence-corrected chi connectivity index (χ2v) is 11.0. The van der Waals surface area contributed by atoms with E-state index in [0.717, 1.165) is 65.0 Å². The molecule has 2 heterocycles. The molecule has 2 aliphatic heterocycles. The summed E-state index contributed by atoms with van der Waals surface area (Å²) in [6.45, 7) is 11.9. The molecule has 0 atom stereocenters. The molecule has 170 valence electrons. The Morgan fingerprint density at radius 1 is 0.903 bits per heavy atom. The quantitative estimate of drug-likeness (QED) is 0.742. The van der Waals surface area contributed by atoms with Crippen molar-refractivity contribution in [2.24, 2.45) is 5.92 Å². The van der Waals surface area contributed by atoms with Crippen LogP contribution < -0.4 is 0 Å². The summed E-state index contributed by atoms with van der Waals surface area (Å²) in [5.41, 5.74) is 2.32. The topological polar surface area (TPSA) is 43.9 Å². The van der Waals surface area contributed by atoms with E-state index < -0.39 is 0 Å². The maximum atomic E-state index is 13.4. The van der Waals surface area contributed by atoms with Gasteiger partial charge in [0.1, 0.15) is 0 Å². The Kier molecular flexibility index (Phi) is 6.17. The lowest BCUT2D eigenvalue weighted by Crippen LogP contribution is -2.48. The molecule has 0 radical (unpaired) electrons. The van der Waals surface area contributed by atoms with Gasteiger partial charge >= 0.3 is 0 Å². The van der Waals surface area contributed by atoms with Crippen LogP contribution in [0.1, 0.15) is 64.0 Å². The fourth-order valence-electron chi connectivity index (χ4n) is 5.12. The van der Waals surface area contributed by atoms with Gasteiger partial charge in [-0.25, -0.2) is 0 Å². The number of piperazine rings is 1. The van der Waals surface area contributed by atoms with Crippen molar-refractivity contribution < 1.29 is 9.59 Å². The Labute approximate surface area is 187 Å². The zero-order chi connectivity index (χ0) is 22.2. The van der Waals surface area contributed by atoms with E-state index in [1.165, 1.54) is 11.1 Å². The van der Waals surface area contributed by atoms with Gasteiger partial charge in [0.15, 0.2) is 0 Å². The fraction of sp³-hybridized carbons (Fsp3) is 0.692. The van der Waals surface area contributed by atoms with Crippen LogP contribution >= 0.6 is 0 Å². The lowest BCUT2D eigenvalue weighted by Gasteiger charge is -2.36. The summed E-state index contributed by atoms with van der Waals surface area (Å²) >= 11 is 0. The lowest BCUT2D eigenvalue weighted by molar-refractivity contribution is -0.136. The van der Waals surface area contributed by atoms with Gasteiger partial charge in [0.05, 0.1) is 5.41 Å². The van der Waals surface area contributed by atoms with Crippen molar-refractivity contribution in [3.8, 4) is 0 Å². The maximum absolute atomic E-state index is 13.4. The Morgan fingerprint density at radius 2 is 1.48 bits per heavy atom. The number of amides is 2. The lowest BCUT2D eigenvalue weighted by atomic mass is 9.84. The number of rotatable bonds is 4.